The molecule has 3 heterocycles. The van der Waals surface area contributed by atoms with Gasteiger partial charge in [0.05, 0.1) is 16.7 Å². The number of aromatic nitrogens is 2. The third-order valence-electron chi connectivity index (χ3n) is 5.22. The van der Waals surface area contributed by atoms with Crippen LogP contribution in [0, 0.1) is 5.92 Å². The monoisotopic (exact) mass is 372 g/mol. The summed E-state index contributed by atoms with van der Waals surface area (Å²) in [5.41, 5.74) is 3.03. The zero-order valence-corrected chi connectivity index (χ0v) is 15.9. The number of fused-ring (bicyclic) bond motifs is 2. The molecule has 0 saturated heterocycles. The van der Waals surface area contributed by atoms with E-state index in [1.807, 2.05) is 12.1 Å². The largest absolute Gasteiger partial charge is 0.369 e. The maximum Gasteiger partial charge on any atom is 0.178 e. The van der Waals surface area contributed by atoms with Gasteiger partial charge in [-0.1, -0.05) is 26.0 Å². The zero-order valence-electron chi connectivity index (χ0n) is 15.1. The lowest BCUT2D eigenvalue weighted by Crippen LogP contribution is -2.21. The fourth-order valence-corrected chi connectivity index (χ4v) is 5.47. The predicted molar refractivity (Wildman–Crippen MR) is 102 cm³/mol. The van der Waals surface area contributed by atoms with E-state index in [1.165, 1.54) is 0 Å². The van der Waals surface area contributed by atoms with Crippen LogP contribution in [0.2, 0.25) is 0 Å². The third-order valence-corrected chi connectivity index (χ3v) is 7.09. The predicted octanol–water partition coefficient (Wildman–Crippen LogP) is 2.97. The average molecular weight is 372 g/mol. The van der Waals surface area contributed by atoms with Crippen molar-refractivity contribution in [2.75, 3.05) is 22.9 Å². The lowest BCUT2D eigenvalue weighted by Gasteiger charge is -2.26. The third kappa shape index (κ3) is 3.05. The molecule has 1 atom stereocenters. The van der Waals surface area contributed by atoms with Gasteiger partial charge in [-0.25, -0.2) is 18.4 Å². The summed E-state index contributed by atoms with van der Waals surface area (Å²) >= 11 is 0. The van der Waals surface area contributed by atoms with E-state index in [-0.39, 0.29) is 17.7 Å². The summed E-state index contributed by atoms with van der Waals surface area (Å²) in [5.74, 6) is 2.24. The minimum absolute atomic E-state index is 0.0166. The van der Waals surface area contributed by atoms with Crippen LogP contribution < -0.4 is 10.6 Å². The molecule has 0 aliphatic carbocycles. The number of aryl methyl sites for hydroxylation is 1. The molecule has 2 aliphatic heterocycles. The SMILES string of the molecule is CC(C)[C@H](Nc1ncnc2c1CCN2)c1ccc2c(c1)S(=O)(=O)CCC2. The summed E-state index contributed by atoms with van der Waals surface area (Å²) in [7, 11) is -3.17. The Balaban J connectivity index is 1.71. The van der Waals surface area contributed by atoms with Crippen molar-refractivity contribution in [2.45, 2.75) is 44.0 Å². The molecule has 0 radical (unpaired) electrons. The summed E-state index contributed by atoms with van der Waals surface area (Å²) < 4.78 is 25.0. The first-order valence-corrected chi connectivity index (χ1v) is 10.8. The summed E-state index contributed by atoms with van der Waals surface area (Å²) in [6.45, 7) is 5.13. The minimum Gasteiger partial charge on any atom is -0.369 e. The number of hydrogen-bond donors (Lipinski definition) is 2. The second-order valence-corrected chi connectivity index (χ2v) is 9.46. The van der Waals surface area contributed by atoms with Crippen molar-refractivity contribution in [2.24, 2.45) is 5.92 Å². The maximum atomic E-state index is 12.5. The molecule has 0 fully saturated rings. The van der Waals surface area contributed by atoms with Crippen molar-refractivity contribution in [1.29, 1.82) is 0 Å². The summed E-state index contributed by atoms with van der Waals surface area (Å²) in [6.07, 6.45) is 4.00. The van der Waals surface area contributed by atoms with Crippen LogP contribution in [0.15, 0.2) is 29.4 Å². The highest BCUT2D eigenvalue weighted by Gasteiger charge is 2.27. The van der Waals surface area contributed by atoms with Crippen LogP contribution >= 0.6 is 0 Å². The Morgan fingerprint density at radius 1 is 1.19 bits per heavy atom. The molecule has 2 aromatic rings. The van der Waals surface area contributed by atoms with Gasteiger partial charge < -0.3 is 10.6 Å². The van der Waals surface area contributed by atoms with Crippen LogP contribution in [0.5, 0.6) is 0 Å². The van der Waals surface area contributed by atoms with Crippen molar-refractivity contribution < 1.29 is 8.42 Å². The van der Waals surface area contributed by atoms with Crippen LogP contribution in [-0.2, 0) is 22.7 Å². The van der Waals surface area contributed by atoms with Crippen molar-refractivity contribution in [3.05, 3.63) is 41.2 Å². The van der Waals surface area contributed by atoms with Crippen LogP contribution in [0.3, 0.4) is 0 Å². The van der Waals surface area contributed by atoms with Gasteiger partial charge in [-0.3, -0.25) is 0 Å². The van der Waals surface area contributed by atoms with E-state index in [2.05, 4.69) is 40.5 Å². The Bertz CT molecular complexity index is 941. The molecule has 4 rings (SSSR count). The number of hydrogen-bond acceptors (Lipinski definition) is 6. The topological polar surface area (TPSA) is 84.0 Å². The van der Waals surface area contributed by atoms with Gasteiger partial charge in [0.15, 0.2) is 9.84 Å². The highest BCUT2D eigenvalue weighted by Crippen LogP contribution is 2.34. The molecule has 1 aromatic heterocycles. The second-order valence-electron chi connectivity index (χ2n) is 7.38. The quantitative estimate of drug-likeness (QED) is 0.858. The van der Waals surface area contributed by atoms with E-state index < -0.39 is 9.84 Å². The molecular weight excluding hydrogens is 348 g/mol. The Labute approximate surface area is 154 Å². The van der Waals surface area contributed by atoms with Crippen molar-refractivity contribution in [3.8, 4) is 0 Å². The molecule has 0 amide bonds. The Morgan fingerprint density at radius 3 is 2.85 bits per heavy atom. The second kappa shape index (κ2) is 6.54. The van der Waals surface area contributed by atoms with Crippen LogP contribution in [0.1, 0.15) is 43.0 Å². The number of sulfone groups is 1. The molecule has 26 heavy (non-hydrogen) atoms. The zero-order chi connectivity index (χ0) is 18.3. The van der Waals surface area contributed by atoms with E-state index >= 15 is 0 Å². The van der Waals surface area contributed by atoms with Gasteiger partial charge in [-0.2, -0.15) is 0 Å². The minimum atomic E-state index is -3.17. The highest BCUT2D eigenvalue weighted by atomic mass is 32.2. The molecule has 0 bridgehead atoms. The number of nitrogens with zero attached hydrogens (tertiary/aromatic N) is 2. The van der Waals surface area contributed by atoms with E-state index in [4.69, 9.17) is 0 Å². The Hall–Kier alpha value is -2.15. The fraction of sp³-hybridized carbons (Fsp3) is 0.474. The summed E-state index contributed by atoms with van der Waals surface area (Å²) in [4.78, 5) is 9.22. The van der Waals surface area contributed by atoms with Crippen molar-refractivity contribution in [3.63, 3.8) is 0 Å². The molecule has 6 nitrogen and oxygen atoms in total. The first kappa shape index (κ1) is 17.3. The smallest absolute Gasteiger partial charge is 0.178 e. The Morgan fingerprint density at radius 2 is 2.04 bits per heavy atom. The highest BCUT2D eigenvalue weighted by molar-refractivity contribution is 7.91. The van der Waals surface area contributed by atoms with E-state index in [0.29, 0.717) is 11.3 Å². The number of benzene rings is 1. The number of anilines is 2. The van der Waals surface area contributed by atoms with Crippen molar-refractivity contribution >= 4 is 21.5 Å². The first-order chi connectivity index (χ1) is 12.5. The molecule has 2 aliphatic rings. The molecule has 7 heteroatoms. The lowest BCUT2D eigenvalue weighted by atomic mass is 9.94. The Kier molecular flexibility index (Phi) is 4.34. The molecule has 0 unspecified atom stereocenters. The van der Waals surface area contributed by atoms with Crippen molar-refractivity contribution in [1.82, 2.24) is 9.97 Å². The molecule has 2 N–H and O–H groups in total. The lowest BCUT2D eigenvalue weighted by molar-refractivity contribution is 0.541. The van der Waals surface area contributed by atoms with E-state index in [1.54, 1.807) is 6.33 Å². The van der Waals surface area contributed by atoms with Crippen LogP contribution in [0.4, 0.5) is 11.6 Å². The molecule has 138 valence electrons. The average Bonchev–Trinajstić information content (AvgIpc) is 3.08. The van der Waals surface area contributed by atoms with Crippen LogP contribution in [0.25, 0.3) is 0 Å². The van der Waals surface area contributed by atoms with Gasteiger partial charge in [0, 0.05) is 12.1 Å². The summed E-state index contributed by atoms with van der Waals surface area (Å²) in [6, 6.07) is 5.87. The van der Waals surface area contributed by atoms with Gasteiger partial charge >= 0.3 is 0 Å². The summed E-state index contributed by atoms with van der Waals surface area (Å²) in [5, 5.41) is 6.81. The van der Waals surface area contributed by atoms with Gasteiger partial charge in [-0.05, 0) is 42.4 Å². The van der Waals surface area contributed by atoms with Gasteiger partial charge in [-0.15, -0.1) is 0 Å². The molecule has 1 aromatic carbocycles. The maximum absolute atomic E-state index is 12.5. The number of rotatable bonds is 4. The van der Waals surface area contributed by atoms with Gasteiger partial charge in [0.1, 0.15) is 18.0 Å². The number of nitrogens with one attached hydrogen (secondary N) is 2. The van der Waals surface area contributed by atoms with Crippen LogP contribution in [-0.4, -0.2) is 30.7 Å². The molecular formula is C19H24N4O2S. The van der Waals surface area contributed by atoms with E-state index in [0.717, 1.165) is 47.7 Å². The van der Waals surface area contributed by atoms with Gasteiger partial charge in [0.2, 0.25) is 0 Å². The van der Waals surface area contributed by atoms with Gasteiger partial charge in [0.25, 0.3) is 0 Å². The standard InChI is InChI=1S/C19H24N4O2S/c1-12(2)17(23-19-15-7-8-20-18(15)21-11-22-19)14-6-5-13-4-3-9-26(24,25)16(13)10-14/h5-6,10-12,17H,3-4,7-9H2,1-2H3,(H2,20,21,22,23)/t17-/m0/s1. The normalized spacial score (nSPS) is 18.7. The van der Waals surface area contributed by atoms with E-state index in [9.17, 15) is 8.42 Å². The molecule has 0 spiro atoms. The fourth-order valence-electron chi connectivity index (χ4n) is 3.84. The first-order valence-electron chi connectivity index (χ1n) is 9.15. The molecule has 0 saturated carbocycles.